The number of aryl methyl sites for hydroxylation is 1. The highest BCUT2D eigenvalue weighted by Crippen LogP contribution is 2.31. The SMILES string of the molecule is Cc1cc(-c2ccc(F)cc2)cc2c(N[C@H](C)c3cnc(C(F)(F)F)nc3)ncnc12. The molecule has 0 radical (unpaired) electrons. The van der Waals surface area contributed by atoms with Crippen molar-refractivity contribution in [3.8, 4) is 11.1 Å². The van der Waals surface area contributed by atoms with Crippen LogP contribution in [0.3, 0.4) is 0 Å². The number of nitrogens with zero attached hydrogens (tertiary/aromatic N) is 4. The molecule has 0 aliphatic carbocycles. The molecule has 158 valence electrons. The number of anilines is 1. The zero-order valence-electron chi connectivity index (χ0n) is 16.6. The fraction of sp³-hybridized carbons (Fsp3) is 0.182. The molecule has 2 heterocycles. The van der Waals surface area contributed by atoms with Gasteiger partial charge in [-0.05, 0) is 54.8 Å². The van der Waals surface area contributed by atoms with Crippen LogP contribution in [0.25, 0.3) is 22.0 Å². The molecule has 0 amide bonds. The first-order valence-corrected chi connectivity index (χ1v) is 9.39. The fourth-order valence-electron chi connectivity index (χ4n) is 3.27. The van der Waals surface area contributed by atoms with Gasteiger partial charge in [-0.15, -0.1) is 0 Å². The Bertz CT molecular complexity index is 1220. The molecule has 31 heavy (non-hydrogen) atoms. The van der Waals surface area contributed by atoms with Gasteiger partial charge in [0.2, 0.25) is 5.82 Å². The molecular weight excluding hydrogens is 410 g/mol. The lowest BCUT2D eigenvalue weighted by Gasteiger charge is -2.17. The van der Waals surface area contributed by atoms with Gasteiger partial charge < -0.3 is 5.32 Å². The van der Waals surface area contributed by atoms with Crippen LogP contribution in [0.5, 0.6) is 0 Å². The van der Waals surface area contributed by atoms with E-state index in [1.165, 1.54) is 18.5 Å². The van der Waals surface area contributed by atoms with Crippen LogP contribution in [0.15, 0.2) is 55.1 Å². The van der Waals surface area contributed by atoms with Crippen molar-refractivity contribution in [2.24, 2.45) is 0 Å². The van der Waals surface area contributed by atoms with Gasteiger partial charge in [0.15, 0.2) is 0 Å². The van der Waals surface area contributed by atoms with E-state index in [9.17, 15) is 17.6 Å². The highest BCUT2D eigenvalue weighted by Gasteiger charge is 2.34. The van der Waals surface area contributed by atoms with Gasteiger partial charge in [-0.3, -0.25) is 0 Å². The minimum Gasteiger partial charge on any atom is -0.363 e. The number of hydrogen-bond acceptors (Lipinski definition) is 5. The van der Waals surface area contributed by atoms with Crippen LogP contribution in [0.1, 0.15) is 29.9 Å². The lowest BCUT2D eigenvalue weighted by Crippen LogP contribution is -2.14. The summed E-state index contributed by atoms with van der Waals surface area (Å²) in [6.07, 6.45) is -0.879. The number of halogens is 4. The molecule has 0 saturated carbocycles. The highest BCUT2D eigenvalue weighted by atomic mass is 19.4. The number of alkyl halides is 3. The summed E-state index contributed by atoms with van der Waals surface area (Å²) in [7, 11) is 0. The molecule has 0 spiro atoms. The molecule has 0 bridgehead atoms. The molecule has 2 aromatic heterocycles. The Kier molecular flexibility index (Phi) is 5.26. The molecule has 0 saturated heterocycles. The largest absolute Gasteiger partial charge is 0.451 e. The molecule has 2 aromatic carbocycles. The fourth-order valence-corrected chi connectivity index (χ4v) is 3.27. The summed E-state index contributed by atoms with van der Waals surface area (Å²) in [4.78, 5) is 15.5. The van der Waals surface area contributed by atoms with Crippen LogP contribution in [0.2, 0.25) is 0 Å². The van der Waals surface area contributed by atoms with Gasteiger partial charge in [0.05, 0.1) is 11.6 Å². The van der Waals surface area contributed by atoms with Crippen molar-refractivity contribution >= 4 is 16.7 Å². The summed E-state index contributed by atoms with van der Waals surface area (Å²) >= 11 is 0. The van der Waals surface area contributed by atoms with Gasteiger partial charge in [-0.25, -0.2) is 24.3 Å². The summed E-state index contributed by atoms with van der Waals surface area (Å²) < 4.78 is 51.4. The van der Waals surface area contributed by atoms with Crippen molar-refractivity contribution in [2.75, 3.05) is 5.32 Å². The Labute approximate surface area is 175 Å². The van der Waals surface area contributed by atoms with Crippen molar-refractivity contribution in [1.29, 1.82) is 0 Å². The number of nitrogens with one attached hydrogen (secondary N) is 1. The summed E-state index contributed by atoms with van der Waals surface area (Å²) in [6, 6.07) is 9.61. The molecule has 1 atom stereocenters. The summed E-state index contributed by atoms with van der Waals surface area (Å²) in [5.74, 6) is -0.987. The first-order chi connectivity index (χ1) is 14.7. The second kappa shape index (κ2) is 7.90. The van der Waals surface area contributed by atoms with Crippen molar-refractivity contribution in [1.82, 2.24) is 19.9 Å². The zero-order valence-corrected chi connectivity index (χ0v) is 16.6. The Morgan fingerprint density at radius 3 is 2.23 bits per heavy atom. The van der Waals surface area contributed by atoms with E-state index in [0.29, 0.717) is 11.4 Å². The standard InChI is InChI=1S/C22H17F4N5/c1-12-7-15(14-3-5-17(23)6-4-14)8-18-19(12)29-11-30-20(18)31-13(2)16-9-27-21(28-10-16)22(24,25)26/h3-11,13H,1-2H3,(H,29,30,31)/t13-/m1/s1. The number of benzene rings is 2. The maximum atomic E-state index is 13.3. The maximum absolute atomic E-state index is 13.3. The van der Waals surface area contributed by atoms with E-state index in [1.807, 2.05) is 19.1 Å². The van der Waals surface area contributed by atoms with Crippen molar-refractivity contribution < 1.29 is 17.6 Å². The van der Waals surface area contributed by atoms with Crippen LogP contribution < -0.4 is 5.32 Å². The number of rotatable bonds is 4. The van der Waals surface area contributed by atoms with E-state index >= 15 is 0 Å². The molecule has 0 aliphatic rings. The molecule has 1 N–H and O–H groups in total. The van der Waals surface area contributed by atoms with Crippen molar-refractivity contribution in [3.63, 3.8) is 0 Å². The molecule has 5 nitrogen and oxygen atoms in total. The topological polar surface area (TPSA) is 63.6 Å². The highest BCUT2D eigenvalue weighted by molar-refractivity contribution is 5.94. The zero-order chi connectivity index (χ0) is 22.2. The molecular formula is C22H17F4N5. The van der Waals surface area contributed by atoms with E-state index in [0.717, 1.165) is 40.0 Å². The van der Waals surface area contributed by atoms with Gasteiger partial charge in [0.25, 0.3) is 0 Å². The normalized spacial score (nSPS) is 12.7. The van der Waals surface area contributed by atoms with E-state index in [1.54, 1.807) is 19.1 Å². The van der Waals surface area contributed by atoms with Gasteiger partial charge in [-0.2, -0.15) is 13.2 Å². The minimum absolute atomic E-state index is 0.320. The third-order valence-corrected chi connectivity index (χ3v) is 4.89. The lowest BCUT2D eigenvalue weighted by molar-refractivity contribution is -0.145. The lowest BCUT2D eigenvalue weighted by atomic mass is 10.00. The second-order valence-corrected chi connectivity index (χ2v) is 7.12. The van der Waals surface area contributed by atoms with Gasteiger partial charge in [0.1, 0.15) is 18.0 Å². The first-order valence-electron chi connectivity index (χ1n) is 9.39. The predicted octanol–water partition coefficient (Wildman–Crippen LogP) is 5.73. The van der Waals surface area contributed by atoms with Crippen LogP contribution in [-0.2, 0) is 6.18 Å². The average Bonchev–Trinajstić information content (AvgIpc) is 2.74. The molecule has 0 aliphatic heterocycles. The third-order valence-electron chi connectivity index (χ3n) is 4.89. The molecule has 4 aromatic rings. The van der Waals surface area contributed by atoms with Crippen molar-refractivity contribution in [2.45, 2.75) is 26.1 Å². The first kappa shape index (κ1) is 20.6. The van der Waals surface area contributed by atoms with Crippen LogP contribution in [0.4, 0.5) is 23.4 Å². The molecule has 9 heteroatoms. The Hall–Kier alpha value is -3.62. The van der Waals surface area contributed by atoms with Crippen LogP contribution in [-0.4, -0.2) is 19.9 Å². The van der Waals surface area contributed by atoms with E-state index in [4.69, 9.17) is 0 Å². The quantitative estimate of drug-likeness (QED) is 0.422. The van der Waals surface area contributed by atoms with E-state index in [2.05, 4.69) is 25.3 Å². The second-order valence-electron chi connectivity index (χ2n) is 7.12. The van der Waals surface area contributed by atoms with Crippen LogP contribution in [0, 0.1) is 12.7 Å². The number of aromatic nitrogens is 4. The van der Waals surface area contributed by atoms with Crippen molar-refractivity contribution in [3.05, 3.63) is 77.9 Å². The Morgan fingerprint density at radius 1 is 0.903 bits per heavy atom. The minimum atomic E-state index is -4.59. The number of fused-ring (bicyclic) bond motifs is 1. The molecule has 0 fully saturated rings. The Balaban J connectivity index is 1.69. The van der Waals surface area contributed by atoms with Gasteiger partial charge >= 0.3 is 6.18 Å². The monoisotopic (exact) mass is 427 g/mol. The van der Waals surface area contributed by atoms with E-state index < -0.39 is 18.0 Å². The Morgan fingerprint density at radius 2 is 1.58 bits per heavy atom. The maximum Gasteiger partial charge on any atom is 0.451 e. The van der Waals surface area contributed by atoms with Crippen LogP contribution >= 0.6 is 0 Å². The summed E-state index contributed by atoms with van der Waals surface area (Å²) in [6.45, 7) is 3.69. The molecule has 4 rings (SSSR count). The van der Waals surface area contributed by atoms with Gasteiger partial charge in [0, 0.05) is 23.3 Å². The van der Waals surface area contributed by atoms with Gasteiger partial charge in [-0.1, -0.05) is 12.1 Å². The van der Waals surface area contributed by atoms with E-state index in [-0.39, 0.29) is 5.82 Å². The summed E-state index contributed by atoms with van der Waals surface area (Å²) in [5, 5.41) is 3.94. The predicted molar refractivity (Wildman–Crippen MR) is 109 cm³/mol. The average molecular weight is 427 g/mol. The molecule has 0 unspecified atom stereocenters. The summed E-state index contributed by atoms with van der Waals surface area (Å²) in [5.41, 5.74) is 3.83. The smallest absolute Gasteiger partial charge is 0.363 e. The number of hydrogen-bond donors (Lipinski definition) is 1. The third kappa shape index (κ3) is 4.30.